The minimum Gasteiger partial charge on any atom is -0.488 e. The van der Waals surface area contributed by atoms with Crippen molar-refractivity contribution in [3.05, 3.63) is 64.1 Å². The number of carbonyl (C=O) groups is 2. The van der Waals surface area contributed by atoms with E-state index in [1.54, 1.807) is 33.8 Å². The number of amides is 1. The normalized spacial score (nSPS) is 12.0. The summed E-state index contributed by atoms with van der Waals surface area (Å²) in [5, 5.41) is 2.76. The Balaban J connectivity index is 2.14. The van der Waals surface area contributed by atoms with Crippen molar-refractivity contribution in [2.24, 2.45) is 0 Å². The molecule has 0 aromatic heterocycles. The maximum atomic E-state index is 12.3. The third kappa shape index (κ3) is 8.06. The maximum absolute atomic E-state index is 12.3. The molecule has 0 heterocycles. The quantitative estimate of drug-likeness (QED) is 0.504. The van der Waals surface area contributed by atoms with Crippen molar-refractivity contribution in [1.29, 1.82) is 0 Å². The van der Waals surface area contributed by atoms with Crippen molar-refractivity contribution in [2.45, 2.75) is 52.4 Å². The number of esters is 1. The number of hydrogen-bond donors (Lipinski definition) is 1. The van der Waals surface area contributed by atoms with Crippen LogP contribution in [-0.4, -0.2) is 24.3 Å². The molecule has 1 amide bonds. The predicted octanol–water partition coefficient (Wildman–Crippen LogP) is 5.55. The fraction of sp³-hybridized carbons (Fsp3) is 0.391. The third-order valence-electron chi connectivity index (χ3n) is 3.96. The molecule has 0 aliphatic heterocycles. The Labute approximate surface area is 186 Å². The van der Waals surface area contributed by atoms with Gasteiger partial charge in [-0.2, -0.15) is 0 Å². The second kappa shape index (κ2) is 11.0. The van der Waals surface area contributed by atoms with Gasteiger partial charge in [0.1, 0.15) is 18.0 Å². The first kappa shape index (κ1) is 23.7. The van der Waals surface area contributed by atoms with Gasteiger partial charge in [0, 0.05) is 0 Å². The molecule has 2 rings (SSSR count). The SMILES string of the molecule is CCOC(=O)C[C@H](NC(=O)OC(C)(C)C)c1ccc(OCc2ccccc2)c(Br)c1. The predicted molar refractivity (Wildman–Crippen MR) is 118 cm³/mol. The monoisotopic (exact) mass is 477 g/mol. The molecule has 0 aliphatic carbocycles. The summed E-state index contributed by atoms with van der Waals surface area (Å²) in [4.78, 5) is 24.3. The van der Waals surface area contributed by atoms with Crippen molar-refractivity contribution in [3.8, 4) is 5.75 Å². The molecular formula is C23H28BrNO5. The molecule has 162 valence electrons. The highest BCUT2D eigenvalue weighted by atomic mass is 79.9. The first-order valence-corrected chi connectivity index (χ1v) is 10.6. The molecule has 0 spiro atoms. The van der Waals surface area contributed by atoms with Crippen LogP contribution in [0.3, 0.4) is 0 Å². The highest BCUT2D eigenvalue weighted by molar-refractivity contribution is 9.10. The highest BCUT2D eigenvalue weighted by Crippen LogP contribution is 2.30. The molecule has 2 aromatic carbocycles. The van der Waals surface area contributed by atoms with Gasteiger partial charge in [-0.25, -0.2) is 4.79 Å². The number of nitrogens with one attached hydrogen (secondary N) is 1. The van der Waals surface area contributed by atoms with E-state index in [4.69, 9.17) is 14.2 Å². The number of halogens is 1. The van der Waals surface area contributed by atoms with Crippen LogP contribution in [0.1, 0.15) is 51.3 Å². The van der Waals surface area contributed by atoms with Gasteiger partial charge < -0.3 is 19.5 Å². The number of carbonyl (C=O) groups excluding carboxylic acids is 2. The van der Waals surface area contributed by atoms with Gasteiger partial charge in [-0.05, 0) is 66.9 Å². The van der Waals surface area contributed by atoms with E-state index in [-0.39, 0.29) is 13.0 Å². The average molecular weight is 478 g/mol. The smallest absolute Gasteiger partial charge is 0.408 e. The molecule has 0 radical (unpaired) electrons. The van der Waals surface area contributed by atoms with Gasteiger partial charge in [-0.1, -0.05) is 36.4 Å². The lowest BCUT2D eigenvalue weighted by atomic mass is 10.0. The zero-order valence-electron chi connectivity index (χ0n) is 17.7. The molecular weight excluding hydrogens is 450 g/mol. The van der Waals surface area contributed by atoms with E-state index in [0.29, 0.717) is 12.4 Å². The first-order chi connectivity index (χ1) is 14.2. The Morgan fingerprint density at radius 1 is 1.10 bits per heavy atom. The van der Waals surface area contributed by atoms with Crippen LogP contribution in [0.2, 0.25) is 0 Å². The van der Waals surface area contributed by atoms with Crippen LogP contribution in [-0.2, 0) is 20.9 Å². The Bertz CT molecular complexity index is 848. The van der Waals surface area contributed by atoms with Crippen LogP contribution in [0.25, 0.3) is 0 Å². The van der Waals surface area contributed by atoms with Crippen molar-refractivity contribution in [2.75, 3.05) is 6.61 Å². The molecule has 0 saturated carbocycles. The van der Waals surface area contributed by atoms with Crippen LogP contribution in [0, 0.1) is 0 Å². The molecule has 1 N–H and O–H groups in total. The van der Waals surface area contributed by atoms with Crippen LogP contribution in [0.15, 0.2) is 53.0 Å². The van der Waals surface area contributed by atoms with Crippen LogP contribution in [0.4, 0.5) is 4.79 Å². The van der Waals surface area contributed by atoms with E-state index < -0.39 is 23.7 Å². The fourth-order valence-corrected chi connectivity index (χ4v) is 3.19. The summed E-state index contributed by atoms with van der Waals surface area (Å²) in [5.41, 5.74) is 1.14. The van der Waals surface area contributed by atoms with Gasteiger partial charge in [0.25, 0.3) is 0 Å². The third-order valence-corrected chi connectivity index (χ3v) is 4.58. The van der Waals surface area contributed by atoms with E-state index in [9.17, 15) is 9.59 Å². The van der Waals surface area contributed by atoms with Crippen LogP contribution in [0.5, 0.6) is 5.75 Å². The molecule has 2 aromatic rings. The van der Waals surface area contributed by atoms with Crippen molar-refractivity contribution < 1.29 is 23.8 Å². The lowest BCUT2D eigenvalue weighted by molar-refractivity contribution is -0.143. The summed E-state index contributed by atoms with van der Waals surface area (Å²) in [6.45, 7) is 7.78. The molecule has 0 aliphatic rings. The maximum Gasteiger partial charge on any atom is 0.408 e. The summed E-state index contributed by atoms with van der Waals surface area (Å²) >= 11 is 3.52. The molecule has 7 heteroatoms. The van der Waals surface area contributed by atoms with Gasteiger partial charge in [0.15, 0.2) is 0 Å². The van der Waals surface area contributed by atoms with Crippen molar-refractivity contribution in [1.82, 2.24) is 5.32 Å². The number of alkyl carbamates (subject to hydrolysis) is 1. The average Bonchev–Trinajstić information content (AvgIpc) is 2.66. The van der Waals surface area contributed by atoms with Gasteiger partial charge in [-0.15, -0.1) is 0 Å². The number of ether oxygens (including phenoxy) is 3. The molecule has 1 atom stereocenters. The standard InChI is InChI=1S/C23H28BrNO5/c1-5-28-21(26)14-19(25-22(27)30-23(2,3)4)17-11-12-20(18(24)13-17)29-15-16-9-7-6-8-10-16/h6-13,19H,5,14-15H2,1-4H3,(H,25,27)/t19-/m0/s1. The van der Waals surface area contributed by atoms with Crippen molar-refractivity contribution in [3.63, 3.8) is 0 Å². The molecule has 0 saturated heterocycles. The lowest BCUT2D eigenvalue weighted by Crippen LogP contribution is -2.36. The van der Waals surface area contributed by atoms with Crippen LogP contribution < -0.4 is 10.1 Å². The summed E-state index contributed by atoms with van der Waals surface area (Å²) in [6.07, 6.45) is -0.610. The Morgan fingerprint density at radius 2 is 1.80 bits per heavy atom. The molecule has 6 nitrogen and oxygen atoms in total. The van der Waals surface area contributed by atoms with Crippen LogP contribution >= 0.6 is 15.9 Å². The fourth-order valence-electron chi connectivity index (χ4n) is 2.67. The van der Waals surface area contributed by atoms with Gasteiger partial charge >= 0.3 is 12.1 Å². The molecule has 30 heavy (non-hydrogen) atoms. The minimum absolute atomic E-state index is 0.0102. The van der Waals surface area contributed by atoms with E-state index in [2.05, 4.69) is 21.2 Å². The zero-order valence-corrected chi connectivity index (χ0v) is 19.3. The summed E-state index contributed by atoms with van der Waals surface area (Å²) in [7, 11) is 0. The van der Waals surface area contributed by atoms with E-state index in [1.807, 2.05) is 42.5 Å². The Kier molecular flexibility index (Phi) is 8.72. The van der Waals surface area contributed by atoms with Gasteiger partial charge in [0.2, 0.25) is 0 Å². The Hall–Kier alpha value is -2.54. The zero-order chi connectivity index (χ0) is 22.1. The van der Waals surface area contributed by atoms with Gasteiger partial charge in [-0.3, -0.25) is 4.79 Å². The summed E-state index contributed by atoms with van der Waals surface area (Å²) < 4.78 is 17.0. The summed E-state index contributed by atoms with van der Waals surface area (Å²) in [5.74, 6) is 0.258. The van der Waals surface area contributed by atoms with E-state index >= 15 is 0 Å². The lowest BCUT2D eigenvalue weighted by Gasteiger charge is -2.24. The van der Waals surface area contributed by atoms with Gasteiger partial charge in [0.05, 0.1) is 23.5 Å². The van der Waals surface area contributed by atoms with Crippen molar-refractivity contribution >= 4 is 28.0 Å². The second-order valence-corrected chi connectivity index (χ2v) is 8.53. The number of hydrogen-bond acceptors (Lipinski definition) is 5. The second-order valence-electron chi connectivity index (χ2n) is 7.67. The van der Waals surface area contributed by atoms with E-state index in [1.165, 1.54) is 0 Å². The molecule has 0 fully saturated rings. The minimum atomic E-state index is -0.645. The summed E-state index contributed by atoms with van der Waals surface area (Å²) in [6, 6.07) is 14.7. The number of benzene rings is 2. The largest absolute Gasteiger partial charge is 0.488 e. The first-order valence-electron chi connectivity index (χ1n) is 9.79. The molecule has 0 unspecified atom stereocenters. The number of rotatable bonds is 8. The molecule has 0 bridgehead atoms. The van der Waals surface area contributed by atoms with E-state index in [0.717, 1.165) is 15.6 Å². The highest BCUT2D eigenvalue weighted by Gasteiger charge is 2.24. The topological polar surface area (TPSA) is 73.9 Å². The Morgan fingerprint density at radius 3 is 2.40 bits per heavy atom.